The summed E-state index contributed by atoms with van der Waals surface area (Å²) in [6, 6.07) is 0.467. The second-order valence-corrected chi connectivity index (χ2v) is 7.38. The summed E-state index contributed by atoms with van der Waals surface area (Å²) < 4.78 is 31.2. The van der Waals surface area contributed by atoms with Gasteiger partial charge in [-0.2, -0.15) is 4.72 Å². The number of nitrogen functional groups attached to an aromatic ring is 1. The monoisotopic (exact) mass is 306 g/mol. The van der Waals surface area contributed by atoms with Crippen molar-refractivity contribution in [3.05, 3.63) is 11.4 Å². The molecule has 0 saturated heterocycles. The largest absolute Gasteiger partial charge is 0.468 e. The number of sulfonamides is 1. The summed E-state index contributed by atoms with van der Waals surface area (Å²) in [5, 5.41) is 1.53. The predicted molar refractivity (Wildman–Crippen MR) is 74.3 cm³/mol. The zero-order valence-corrected chi connectivity index (χ0v) is 12.7. The van der Waals surface area contributed by atoms with E-state index >= 15 is 0 Å². The SMILES string of the molecule is COC(=O)C(CC(C)C)NS(=O)(=O)c1cc(N)cs1. The minimum atomic E-state index is -3.75. The van der Waals surface area contributed by atoms with Crippen LogP contribution in [-0.2, 0) is 19.6 Å². The Morgan fingerprint density at radius 1 is 1.53 bits per heavy atom. The Morgan fingerprint density at radius 2 is 2.16 bits per heavy atom. The van der Waals surface area contributed by atoms with E-state index in [2.05, 4.69) is 9.46 Å². The van der Waals surface area contributed by atoms with Crippen LogP contribution in [0.3, 0.4) is 0 Å². The van der Waals surface area contributed by atoms with E-state index in [0.717, 1.165) is 11.3 Å². The van der Waals surface area contributed by atoms with Crippen molar-refractivity contribution >= 4 is 33.0 Å². The number of ether oxygens (including phenoxy) is 1. The summed E-state index contributed by atoms with van der Waals surface area (Å²) >= 11 is 1.01. The van der Waals surface area contributed by atoms with Crippen molar-refractivity contribution in [3.8, 4) is 0 Å². The standard InChI is InChI=1S/C11H18N2O4S2/c1-7(2)4-9(11(14)17-3)13-19(15,16)10-5-8(12)6-18-10/h5-7,9,13H,4,12H2,1-3H3. The molecule has 0 radical (unpaired) electrons. The molecule has 6 nitrogen and oxygen atoms in total. The first-order chi connectivity index (χ1) is 8.76. The number of thiophene rings is 1. The number of carbonyl (C=O) groups is 1. The van der Waals surface area contributed by atoms with Gasteiger partial charge in [0.15, 0.2) is 0 Å². The minimum Gasteiger partial charge on any atom is -0.468 e. The maximum Gasteiger partial charge on any atom is 0.323 e. The Balaban J connectivity index is 2.92. The maximum atomic E-state index is 12.1. The molecule has 0 spiro atoms. The van der Waals surface area contributed by atoms with E-state index < -0.39 is 22.0 Å². The van der Waals surface area contributed by atoms with Gasteiger partial charge in [-0.3, -0.25) is 4.79 Å². The van der Waals surface area contributed by atoms with Gasteiger partial charge in [-0.05, 0) is 18.4 Å². The van der Waals surface area contributed by atoms with Gasteiger partial charge in [0.1, 0.15) is 10.3 Å². The third-order valence-electron chi connectivity index (χ3n) is 2.35. The number of rotatable bonds is 6. The van der Waals surface area contributed by atoms with Gasteiger partial charge in [0.25, 0.3) is 10.0 Å². The van der Waals surface area contributed by atoms with Gasteiger partial charge < -0.3 is 10.5 Å². The lowest BCUT2D eigenvalue weighted by atomic mass is 10.1. The Labute approximate surface area is 117 Å². The van der Waals surface area contributed by atoms with Crippen LogP contribution in [0.25, 0.3) is 0 Å². The van der Waals surface area contributed by atoms with Crippen LogP contribution in [0.15, 0.2) is 15.7 Å². The van der Waals surface area contributed by atoms with E-state index in [0.29, 0.717) is 12.1 Å². The lowest BCUT2D eigenvalue weighted by molar-refractivity contribution is -0.143. The second kappa shape index (κ2) is 6.36. The first-order valence-electron chi connectivity index (χ1n) is 5.70. The molecule has 0 aromatic carbocycles. The molecule has 0 aliphatic heterocycles. The van der Waals surface area contributed by atoms with Gasteiger partial charge in [0.2, 0.25) is 0 Å². The molecule has 108 valence electrons. The van der Waals surface area contributed by atoms with Gasteiger partial charge in [-0.15, -0.1) is 11.3 Å². The molecule has 0 amide bonds. The highest BCUT2D eigenvalue weighted by Gasteiger charge is 2.27. The number of anilines is 1. The Bertz CT molecular complexity index is 537. The zero-order chi connectivity index (χ0) is 14.6. The third-order valence-corrected chi connectivity index (χ3v) is 5.28. The van der Waals surface area contributed by atoms with Gasteiger partial charge >= 0.3 is 5.97 Å². The number of methoxy groups -OCH3 is 1. The molecule has 0 aliphatic rings. The fourth-order valence-electron chi connectivity index (χ4n) is 1.52. The normalized spacial score (nSPS) is 13.5. The van der Waals surface area contributed by atoms with Crippen molar-refractivity contribution in [2.24, 2.45) is 5.92 Å². The molecule has 0 saturated carbocycles. The highest BCUT2D eigenvalue weighted by molar-refractivity contribution is 7.91. The van der Waals surface area contributed by atoms with Crippen LogP contribution in [0.5, 0.6) is 0 Å². The highest BCUT2D eigenvalue weighted by atomic mass is 32.2. The van der Waals surface area contributed by atoms with Crippen LogP contribution < -0.4 is 10.5 Å². The second-order valence-electron chi connectivity index (χ2n) is 4.53. The average Bonchev–Trinajstić information content (AvgIpc) is 2.74. The van der Waals surface area contributed by atoms with Crippen molar-refractivity contribution in [3.63, 3.8) is 0 Å². The quantitative estimate of drug-likeness (QED) is 0.769. The lowest BCUT2D eigenvalue weighted by Gasteiger charge is -2.17. The first kappa shape index (κ1) is 15.9. The number of nitrogens with two attached hydrogens (primary N) is 1. The summed E-state index contributed by atoms with van der Waals surface area (Å²) in [7, 11) is -2.52. The summed E-state index contributed by atoms with van der Waals surface area (Å²) in [4.78, 5) is 11.6. The van der Waals surface area contributed by atoms with Gasteiger partial charge in [-0.1, -0.05) is 13.8 Å². The lowest BCUT2D eigenvalue weighted by Crippen LogP contribution is -2.42. The van der Waals surface area contributed by atoms with Crippen molar-refractivity contribution in [1.29, 1.82) is 0 Å². The Hall–Kier alpha value is -1.12. The molecule has 1 aromatic heterocycles. The Morgan fingerprint density at radius 3 is 2.58 bits per heavy atom. The number of nitrogens with one attached hydrogen (secondary N) is 1. The molecule has 0 bridgehead atoms. The minimum absolute atomic E-state index is 0.0858. The molecule has 1 rings (SSSR count). The van der Waals surface area contributed by atoms with E-state index in [1.807, 2.05) is 13.8 Å². The molecular weight excluding hydrogens is 288 g/mol. The molecule has 1 unspecified atom stereocenters. The summed E-state index contributed by atoms with van der Waals surface area (Å²) in [5.41, 5.74) is 5.88. The summed E-state index contributed by atoms with van der Waals surface area (Å²) in [6.07, 6.45) is 0.368. The molecule has 1 heterocycles. The van der Waals surface area contributed by atoms with Crippen molar-refractivity contribution in [2.75, 3.05) is 12.8 Å². The third kappa shape index (κ3) is 4.48. The molecular formula is C11H18N2O4S2. The van der Waals surface area contributed by atoms with E-state index in [1.54, 1.807) is 0 Å². The van der Waals surface area contributed by atoms with Crippen LogP contribution >= 0.6 is 11.3 Å². The van der Waals surface area contributed by atoms with Gasteiger partial charge in [0, 0.05) is 11.1 Å². The predicted octanol–water partition coefficient (Wildman–Crippen LogP) is 1.20. The fourth-order valence-corrected chi connectivity index (χ4v) is 3.82. The van der Waals surface area contributed by atoms with Crippen LogP contribution in [0.4, 0.5) is 5.69 Å². The van der Waals surface area contributed by atoms with Crippen molar-refractivity contribution < 1.29 is 17.9 Å². The zero-order valence-electron chi connectivity index (χ0n) is 11.0. The topological polar surface area (TPSA) is 98.5 Å². The summed E-state index contributed by atoms with van der Waals surface area (Å²) in [6.45, 7) is 3.79. The first-order valence-corrected chi connectivity index (χ1v) is 8.06. The molecule has 1 aromatic rings. The van der Waals surface area contributed by atoms with Crippen LogP contribution in [-0.4, -0.2) is 27.5 Å². The molecule has 0 fully saturated rings. The highest BCUT2D eigenvalue weighted by Crippen LogP contribution is 2.22. The van der Waals surface area contributed by atoms with Crippen molar-refractivity contribution in [2.45, 2.75) is 30.5 Å². The van der Waals surface area contributed by atoms with Crippen molar-refractivity contribution in [1.82, 2.24) is 4.72 Å². The van der Waals surface area contributed by atoms with E-state index in [4.69, 9.17) is 5.73 Å². The number of hydrogen-bond donors (Lipinski definition) is 2. The van der Waals surface area contributed by atoms with Gasteiger partial charge in [-0.25, -0.2) is 8.42 Å². The van der Waals surface area contributed by atoms with E-state index in [-0.39, 0.29) is 10.1 Å². The molecule has 19 heavy (non-hydrogen) atoms. The van der Waals surface area contributed by atoms with Gasteiger partial charge in [0.05, 0.1) is 7.11 Å². The van der Waals surface area contributed by atoms with E-state index in [9.17, 15) is 13.2 Å². The smallest absolute Gasteiger partial charge is 0.323 e. The average molecular weight is 306 g/mol. The molecule has 1 atom stereocenters. The summed E-state index contributed by atoms with van der Waals surface area (Å²) in [5.74, 6) is -0.443. The number of carbonyl (C=O) groups excluding carboxylic acids is 1. The Kier molecular flexibility index (Phi) is 5.33. The number of esters is 1. The van der Waals surface area contributed by atoms with E-state index in [1.165, 1.54) is 18.6 Å². The van der Waals surface area contributed by atoms with Crippen LogP contribution in [0.2, 0.25) is 0 Å². The maximum absolute atomic E-state index is 12.1. The molecule has 0 aliphatic carbocycles. The molecule has 3 N–H and O–H groups in total. The molecule has 8 heteroatoms. The van der Waals surface area contributed by atoms with Crippen LogP contribution in [0, 0.1) is 5.92 Å². The fraction of sp³-hybridized carbons (Fsp3) is 0.545. The van der Waals surface area contributed by atoms with Crippen LogP contribution in [0.1, 0.15) is 20.3 Å². The number of hydrogen-bond acceptors (Lipinski definition) is 6.